The van der Waals surface area contributed by atoms with E-state index < -0.39 is 0 Å². The van der Waals surface area contributed by atoms with Crippen molar-refractivity contribution in [3.05, 3.63) is 69.8 Å². The highest BCUT2D eigenvalue weighted by Crippen LogP contribution is 2.34. The second kappa shape index (κ2) is 6.46. The van der Waals surface area contributed by atoms with Gasteiger partial charge in [0.25, 0.3) is 5.91 Å². The topological polar surface area (TPSA) is 46.3 Å². The molecule has 4 rings (SSSR count). The number of aromatic nitrogens is 1. The number of fused-ring (bicyclic) bond motifs is 1. The molecule has 4 nitrogen and oxygen atoms in total. The highest BCUT2D eigenvalue weighted by molar-refractivity contribution is 7.22. The Morgan fingerprint density at radius 1 is 1.16 bits per heavy atom. The minimum atomic E-state index is -0.0548. The van der Waals surface area contributed by atoms with Gasteiger partial charge in [-0.25, -0.2) is 4.98 Å². The first kappa shape index (κ1) is 16.1. The summed E-state index contributed by atoms with van der Waals surface area (Å²) in [5, 5.41) is 2.60. The van der Waals surface area contributed by atoms with Crippen LogP contribution in [0, 0.1) is 13.8 Å². The predicted molar refractivity (Wildman–Crippen MR) is 103 cm³/mol. The second-order valence-corrected chi connectivity index (χ2v) is 7.75. The lowest BCUT2D eigenvalue weighted by Gasteiger charge is -2.17. The number of rotatable bonds is 4. The number of hydrogen-bond donors (Lipinski definition) is 0. The van der Waals surface area contributed by atoms with E-state index in [2.05, 4.69) is 19.1 Å². The van der Waals surface area contributed by atoms with E-state index in [0.717, 1.165) is 21.5 Å². The zero-order valence-electron chi connectivity index (χ0n) is 13.9. The van der Waals surface area contributed by atoms with Crippen molar-refractivity contribution in [1.82, 2.24) is 4.98 Å². The molecule has 0 radical (unpaired) electrons. The fraction of sp³-hybridized carbons (Fsp3) is 0.158. The summed E-state index contributed by atoms with van der Waals surface area (Å²) in [4.78, 5) is 20.2. The molecule has 0 saturated heterocycles. The van der Waals surface area contributed by atoms with Gasteiger partial charge in [0.1, 0.15) is 5.76 Å². The first-order chi connectivity index (χ1) is 12.1. The molecule has 1 aromatic carbocycles. The van der Waals surface area contributed by atoms with Crippen LogP contribution in [0.15, 0.2) is 52.5 Å². The number of carbonyl (C=O) groups excluding carboxylic acids is 1. The second-order valence-electron chi connectivity index (χ2n) is 5.82. The molecule has 0 N–H and O–H groups in total. The van der Waals surface area contributed by atoms with E-state index in [-0.39, 0.29) is 5.91 Å². The van der Waals surface area contributed by atoms with Gasteiger partial charge in [0.2, 0.25) is 0 Å². The lowest BCUT2D eigenvalue weighted by molar-refractivity contribution is 0.0987. The Kier molecular flexibility index (Phi) is 4.15. The zero-order chi connectivity index (χ0) is 17.4. The number of amides is 1. The summed E-state index contributed by atoms with van der Waals surface area (Å²) >= 11 is 2.99. The smallest absolute Gasteiger partial charge is 0.270 e. The molecule has 3 aromatic heterocycles. The summed E-state index contributed by atoms with van der Waals surface area (Å²) in [5.41, 5.74) is 3.25. The molecule has 0 unspecified atom stereocenters. The standard InChI is InChI=1S/C19H16N2O2S2/c1-12-7-8-13(2)17-16(12)20-19(25-17)21(11-14-5-3-9-23-14)18(22)15-6-4-10-24-15/h3-10H,11H2,1-2H3. The minimum Gasteiger partial charge on any atom is -0.467 e. The Balaban J connectivity index is 1.81. The molecule has 0 fully saturated rings. The Labute approximate surface area is 153 Å². The van der Waals surface area contributed by atoms with E-state index in [1.807, 2.05) is 36.6 Å². The highest BCUT2D eigenvalue weighted by Gasteiger charge is 2.24. The number of furan rings is 1. The van der Waals surface area contributed by atoms with Crippen LogP contribution in [0.3, 0.4) is 0 Å². The van der Waals surface area contributed by atoms with Crippen LogP contribution in [0.1, 0.15) is 26.6 Å². The van der Waals surface area contributed by atoms with Crippen molar-refractivity contribution >= 4 is 43.9 Å². The molecule has 4 aromatic rings. The number of benzene rings is 1. The zero-order valence-corrected chi connectivity index (χ0v) is 15.5. The molecule has 1 amide bonds. The average Bonchev–Trinajstić information content (AvgIpc) is 3.36. The molecule has 0 bridgehead atoms. The van der Waals surface area contributed by atoms with Crippen LogP contribution >= 0.6 is 22.7 Å². The quantitative estimate of drug-likeness (QED) is 0.483. The fourth-order valence-electron chi connectivity index (χ4n) is 2.68. The van der Waals surface area contributed by atoms with Crippen molar-refractivity contribution in [3.8, 4) is 0 Å². The fourth-order valence-corrected chi connectivity index (χ4v) is 4.46. The Bertz CT molecular complexity index is 979. The average molecular weight is 368 g/mol. The largest absolute Gasteiger partial charge is 0.467 e. The van der Waals surface area contributed by atoms with Gasteiger partial charge in [0.15, 0.2) is 5.13 Å². The van der Waals surface area contributed by atoms with E-state index in [1.54, 1.807) is 22.5 Å². The summed E-state index contributed by atoms with van der Waals surface area (Å²) in [7, 11) is 0. The maximum absolute atomic E-state index is 13.0. The van der Waals surface area contributed by atoms with Gasteiger partial charge < -0.3 is 4.42 Å². The summed E-state index contributed by atoms with van der Waals surface area (Å²) < 4.78 is 6.58. The Hall–Kier alpha value is -2.44. The molecule has 6 heteroatoms. The highest BCUT2D eigenvalue weighted by atomic mass is 32.1. The summed E-state index contributed by atoms with van der Waals surface area (Å²) in [6.45, 7) is 4.48. The van der Waals surface area contributed by atoms with E-state index in [1.165, 1.54) is 16.9 Å². The van der Waals surface area contributed by atoms with Crippen molar-refractivity contribution in [2.75, 3.05) is 4.90 Å². The lowest BCUT2D eigenvalue weighted by Crippen LogP contribution is -2.29. The predicted octanol–water partition coefficient (Wildman–Crippen LogP) is 5.41. The summed E-state index contributed by atoms with van der Waals surface area (Å²) in [5.74, 6) is 0.679. The molecule has 0 aliphatic rings. The first-order valence-corrected chi connectivity index (χ1v) is 9.57. The van der Waals surface area contributed by atoms with E-state index in [4.69, 9.17) is 9.40 Å². The molecule has 25 heavy (non-hydrogen) atoms. The van der Waals surface area contributed by atoms with Gasteiger partial charge in [-0.3, -0.25) is 9.69 Å². The van der Waals surface area contributed by atoms with Crippen LogP contribution in [-0.2, 0) is 6.54 Å². The number of hydrogen-bond acceptors (Lipinski definition) is 5. The van der Waals surface area contributed by atoms with E-state index in [9.17, 15) is 4.79 Å². The van der Waals surface area contributed by atoms with Crippen LogP contribution < -0.4 is 4.90 Å². The minimum absolute atomic E-state index is 0.0548. The Morgan fingerprint density at radius 3 is 2.68 bits per heavy atom. The van der Waals surface area contributed by atoms with Crippen molar-refractivity contribution in [3.63, 3.8) is 0 Å². The van der Waals surface area contributed by atoms with Crippen LogP contribution in [0.5, 0.6) is 0 Å². The molecular formula is C19H16N2O2S2. The number of anilines is 1. The molecule has 0 atom stereocenters. The molecule has 0 aliphatic heterocycles. The third kappa shape index (κ3) is 2.99. The number of nitrogens with zero attached hydrogens (tertiary/aromatic N) is 2. The van der Waals surface area contributed by atoms with Gasteiger partial charge in [0.05, 0.1) is 27.9 Å². The molecule has 126 valence electrons. The molecule has 0 spiro atoms. The van der Waals surface area contributed by atoms with Crippen LogP contribution in [0.2, 0.25) is 0 Å². The molecular weight excluding hydrogens is 352 g/mol. The van der Waals surface area contributed by atoms with Crippen molar-refractivity contribution in [2.24, 2.45) is 0 Å². The Morgan fingerprint density at radius 2 is 2.00 bits per heavy atom. The van der Waals surface area contributed by atoms with Gasteiger partial charge in [-0.15, -0.1) is 11.3 Å². The number of aryl methyl sites for hydroxylation is 2. The number of thiazole rings is 1. The molecule has 3 heterocycles. The third-order valence-corrected chi connectivity index (χ3v) is 6.10. The van der Waals surface area contributed by atoms with Gasteiger partial charge in [-0.05, 0) is 48.6 Å². The van der Waals surface area contributed by atoms with Gasteiger partial charge in [-0.1, -0.05) is 29.5 Å². The third-order valence-electron chi connectivity index (χ3n) is 4.03. The van der Waals surface area contributed by atoms with Crippen molar-refractivity contribution in [2.45, 2.75) is 20.4 Å². The lowest BCUT2D eigenvalue weighted by atomic mass is 10.1. The SMILES string of the molecule is Cc1ccc(C)c2sc(N(Cc3ccco3)C(=O)c3cccs3)nc12. The number of carbonyl (C=O) groups is 1. The maximum Gasteiger partial charge on any atom is 0.270 e. The van der Waals surface area contributed by atoms with Gasteiger partial charge in [-0.2, -0.15) is 0 Å². The number of thiophene rings is 1. The summed E-state index contributed by atoms with van der Waals surface area (Å²) in [6.07, 6.45) is 1.62. The van der Waals surface area contributed by atoms with Crippen molar-refractivity contribution < 1.29 is 9.21 Å². The molecule has 0 aliphatic carbocycles. The van der Waals surface area contributed by atoms with E-state index >= 15 is 0 Å². The normalized spacial score (nSPS) is 11.1. The van der Waals surface area contributed by atoms with Crippen LogP contribution in [0.4, 0.5) is 5.13 Å². The van der Waals surface area contributed by atoms with E-state index in [0.29, 0.717) is 16.6 Å². The van der Waals surface area contributed by atoms with Gasteiger partial charge >= 0.3 is 0 Å². The van der Waals surface area contributed by atoms with Crippen molar-refractivity contribution in [1.29, 1.82) is 0 Å². The van der Waals surface area contributed by atoms with Crippen LogP contribution in [0.25, 0.3) is 10.2 Å². The van der Waals surface area contributed by atoms with Crippen LogP contribution in [-0.4, -0.2) is 10.9 Å². The van der Waals surface area contributed by atoms with Gasteiger partial charge in [0, 0.05) is 0 Å². The molecule has 0 saturated carbocycles. The first-order valence-electron chi connectivity index (χ1n) is 7.88. The monoisotopic (exact) mass is 368 g/mol. The summed E-state index contributed by atoms with van der Waals surface area (Å²) in [6, 6.07) is 11.6. The maximum atomic E-state index is 13.0.